The molecule has 0 aliphatic carbocycles. The van der Waals surface area contributed by atoms with Crippen molar-refractivity contribution in [1.29, 1.82) is 0 Å². The van der Waals surface area contributed by atoms with Gasteiger partial charge in [0, 0.05) is 18.3 Å². The molecule has 1 aliphatic rings. The number of fused-ring (bicyclic) bond motifs is 1. The van der Waals surface area contributed by atoms with Gasteiger partial charge in [0.1, 0.15) is 6.33 Å². The summed E-state index contributed by atoms with van der Waals surface area (Å²) in [6.45, 7) is 2.00. The standard InChI is InChI=1S/C11H12N4/c1-3-12-4-2-8(1)9-5-14-10-6-13-7-15-11(9)10/h1,5-7,12,14H,2-4H2. The molecule has 2 aromatic rings. The largest absolute Gasteiger partial charge is 0.358 e. The molecule has 0 aromatic carbocycles. The number of rotatable bonds is 1. The Balaban J connectivity index is 2.14. The van der Waals surface area contributed by atoms with Crippen LogP contribution in [0.1, 0.15) is 12.0 Å². The summed E-state index contributed by atoms with van der Waals surface area (Å²) >= 11 is 0. The molecule has 4 nitrogen and oxygen atoms in total. The van der Waals surface area contributed by atoms with Gasteiger partial charge in [0.05, 0.1) is 17.2 Å². The van der Waals surface area contributed by atoms with Crippen LogP contribution in [0.4, 0.5) is 0 Å². The molecule has 0 atom stereocenters. The second kappa shape index (κ2) is 3.47. The van der Waals surface area contributed by atoms with Crippen molar-refractivity contribution < 1.29 is 0 Å². The van der Waals surface area contributed by atoms with Gasteiger partial charge in [-0.15, -0.1) is 0 Å². The molecule has 1 aliphatic heterocycles. The van der Waals surface area contributed by atoms with E-state index in [-0.39, 0.29) is 0 Å². The van der Waals surface area contributed by atoms with E-state index in [2.05, 4.69) is 26.3 Å². The number of aromatic amines is 1. The fourth-order valence-corrected chi connectivity index (χ4v) is 1.98. The van der Waals surface area contributed by atoms with Crippen molar-refractivity contribution in [1.82, 2.24) is 20.3 Å². The van der Waals surface area contributed by atoms with Gasteiger partial charge in [-0.05, 0) is 18.5 Å². The summed E-state index contributed by atoms with van der Waals surface area (Å²) in [5.74, 6) is 0. The van der Waals surface area contributed by atoms with Gasteiger partial charge in [0.15, 0.2) is 0 Å². The summed E-state index contributed by atoms with van der Waals surface area (Å²) < 4.78 is 0. The van der Waals surface area contributed by atoms with Crippen LogP contribution in [0, 0.1) is 0 Å². The molecule has 0 fully saturated rings. The lowest BCUT2D eigenvalue weighted by Gasteiger charge is -2.12. The van der Waals surface area contributed by atoms with E-state index in [1.807, 2.05) is 12.4 Å². The molecular formula is C11H12N4. The molecule has 4 heteroatoms. The minimum absolute atomic E-state index is 0.951. The summed E-state index contributed by atoms with van der Waals surface area (Å²) in [5.41, 5.74) is 4.62. The molecule has 0 saturated heterocycles. The van der Waals surface area contributed by atoms with E-state index in [0.29, 0.717) is 0 Å². The van der Waals surface area contributed by atoms with Gasteiger partial charge in [-0.25, -0.2) is 9.97 Å². The van der Waals surface area contributed by atoms with Crippen LogP contribution in [-0.4, -0.2) is 28.0 Å². The zero-order valence-corrected chi connectivity index (χ0v) is 8.33. The second-order valence-corrected chi connectivity index (χ2v) is 3.67. The number of hydrogen-bond acceptors (Lipinski definition) is 3. The third kappa shape index (κ3) is 1.43. The average molecular weight is 200 g/mol. The van der Waals surface area contributed by atoms with Crippen molar-refractivity contribution >= 4 is 16.6 Å². The van der Waals surface area contributed by atoms with E-state index in [9.17, 15) is 0 Å². The summed E-state index contributed by atoms with van der Waals surface area (Å²) in [6, 6.07) is 0. The normalized spacial score (nSPS) is 16.7. The predicted molar refractivity (Wildman–Crippen MR) is 59.4 cm³/mol. The smallest absolute Gasteiger partial charge is 0.116 e. The van der Waals surface area contributed by atoms with Gasteiger partial charge in [0.2, 0.25) is 0 Å². The van der Waals surface area contributed by atoms with Gasteiger partial charge >= 0.3 is 0 Å². The number of aromatic nitrogens is 3. The maximum Gasteiger partial charge on any atom is 0.116 e. The number of nitrogens with zero attached hydrogens (tertiary/aromatic N) is 2. The van der Waals surface area contributed by atoms with Crippen LogP contribution in [0.5, 0.6) is 0 Å². The molecule has 0 unspecified atom stereocenters. The molecule has 0 saturated carbocycles. The van der Waals surface area contributed by atoms with E-state index < -0.39 is 0 Å². The van der Waals surface area contributed by atoms with Crippen molar-refractivity contribution in [2.24, 2.45) is 0 Å². The molecule has 0 spiro atoms. The molecule has 76 valence electrons. The highest BCUT2D eigenvalue weighted by atomic mass is 14.9. The minimum Gasteiger partial charge on any atom is -0.358 e. The van der Waals surface area contributed by atoms with Gasteiger partial charge < -0.3 is 10.3 Å². The van der Waals surface area contributed by atoms with Crippen LogP contribution in [-0.2, 0) is 0 Å². The van der Waals surface area contributed by atoms with Crippen LogP contribution < -0.4 is 5.32 Å². The number of nitrogens with one attached hydrogen (secondary N) is 2. The lowest BCUT2D eigenvalue weighted by atomic mass is 10.0. The lowest BCUT2D eigenvalue weighted by molar-refractivity contribution is 0.739. The fourth-order valence-electron chi connectivity index (χ4n) is 1.98. The zero-order chi connectivity index (χ0) is 10.1. The average Bonchev–Trinajstić information content (AvgIpc) is 2.74. The van der Waals surface area contributed by atoms with Gasteiger partial charge in [0.25, 0.3) is 0 Å². The van der Waals surface area contributed by atoms with Crippen LogP contribution in [0.25, 0.3) is 16.6 Å². The molecule has 0 bridgehead atoms. The minimum atomic E-state index is 0.951. The fraction of sp³-hybridized carbons (Fsp3) is 0.273. The monoisotopic (exact) mass is 200 g/mol. The van der Waals surface area contributed by atoms with E-state index in [0.717, 1.165) is 30.5 Å². The van der Waals surface area contributed by atoms with E-state index in [4.69, 9.17) is 0 Å². The first-order valence-electron chi connectivity index (χ1n) is 5.12. The van der Waals surface area contributed by atoms with Gasteiger partial charge in [-0.2, -0.15) is 0 Å². The van der Waals surface area contributed by atoms with Crippen LogP contribution in [0.2, 0.25) is 0 Å². The molecule has 3 heterocycles. The summed E-state index contributed by atoms with van der Waals surface area (Å²) in [6.07, 6.45) is 8.73. The Kier molecular flexibility index (Phi) is 1.99. The summed E-state index contributed by atoms with van der Waals surface area (Å²) in [7, 11) is 0. The molecule has 0 radical (unpaired) electrons. The van der Waals surface area contributed by atoms with Crippen LogP contribution >= 0.6 is 0 Å². The molecule has 3 rings (SSSR count). The van der Waals surface area contributed by atoms with Crippen LogP contribution in [0.15, 0.2) is 24.8 Å². The van der Waals surface area contributed by atoms with Gasteiger partial charge in [-0.3, -0.25) is 0 Å². The molecule has 2 N–H and O–H groups in total. The Bertz CT molecular complexity index is 512. The summed E-state index contributed by atoms with van der Waals surface area (Å²) in [4.78, 5) is 11.5. The molecule has 2 aromatic heterocycles. The van der Waals surface area contributed by atoms with E-state index in [1.165, 1.54) is 11.1 Å². The second-order valence-electron chi connectivity index (χ2n) is 3.67. The molecule has 0 amide bonds. The zero-order valence-electron chi connectivity index (χ0n) is 8.33. The Labute approximate surface area is 87.4 Å². The molecular weight excluding hydrogens is 188 g/mol. The maximum absolute atomic E-state index is 4.31. The van der Waals surface area contributed by atoms with Crippen molar-refractivity contribution in [2.45, 2.75) is 6.42 Å². The molecule has 15 heavy (non-hydrogen) atoms. The van der Waals surface area contributed by atoms with Crippen LogP contribution in [0.3, 0.4) is 0 Å². The predicted octanol–water partition coefficient (Wildman–Crippen LogP) is 1.33. The first kappa shape index (κ1) is 8.61. The Morgan fingerprint density at radius 3 is 3.20 bits per heavy atom. The number of H-pyrrole nitrogens is 1. The first-order valence-corrected chi connectivity index (χ1v) is 5.12. The summed E-state index contributed by atoms with van der Waals surface area (Å²) in [5, 5.41) is 3.31. The SMILES string of the molecule is C1=C(c2c[nH]c3cncnc23)CCNC1. The van der Waals surface area contributed by atoms with E-state index in [1.54, 1.807) is 6.33 Å². The Morgan fingerprint density at radius 1 is 1.33 bits per heavy atom. The Hall–Kier alpha value is -1.68. The third-order valence-corrected chi connectivity index (χ3v) is 2.75. The van der Waals surface area contributed by atoms with Gasteiger partial charge in [-0.1, -0.05) is 6.08 Å². The van der Waals surface area contributed by atoms with Crippen molar-refractivity contribution in [2.75, 3.05) is 13.1 Å². The maximum atomic E-state index is 4.31. The quantitative estimate of drug-likeness (QED) is 0.730. The highest BCUT2D eigenvalue weighted by molar-refractivity contribution is 5.89. The van der Waals surface area contributed by atoms with Crippen molar-refractivity contribution in [3.8, 4) is 0 Å². The van der Waals surface area contributed by atoms with E-state index >= 15 is 0 Å². The topological polar surface area (TPSA) is 53.6 Å². The van der Waals surface area contributed by atoms with Crippen molar-refractivity contribution in [3.05, 3.63) is 30.4 Å². The third-order valence-electron chi connectivity index (χ3n) is 2.75. The first-order chi connectivity index (χ1) is 7.45. The Morgan fingerprint density at radius 2 is 2.33 bits per heavy atom. The highest BCUT2D eigenvalue weighted by Crippen LogP contribution is 2.25. The highest BCUT2D eigenvalue weighted by Gasteiger charge is 2.11. The van der Waals surface area contributed by atoms with Crippen molar-refractivity contribution in [3.63, 3.8) is 0 Å². The lowest BCUT2D eigenvalue weighted by Crippen LogP contribution is -2.19. The number of hydrogen-bond donors (Lipinski definition) is 2.